The van der Waals surface area contributed by atoms with E-state index in [-0.39, 0.29) is 5.91 Å². The molecule has 1 saturated heterocycles. The molecule has 0 N–H and O–H groups in total. The highest BCUT2D eigenvalue weighted by molar-refractivity contribution is 7.22. The fraction of sp³-hybridized carbons (Fsp3) is 0.259. The zero-order chi connectivity index (χ0) is 24.2. The lowest BCUT2D eigenvalue weighted by Gasteiger charge is -2.29. The molecule has 1 amide bonds. The number of aromatic nitrogens is 1. The Balaban J connectivity index is 1.44. The lowest BCUT2D eigenvalue weighted by Crippen LogP contribution is -2.43. The topological polar surface area (TPSA) is 54.9 Å². The standard InChI is InChI=1S/C27H26ClN3O3S/c1-19-16-21(28)18-24-25(19)29-27(35-24)31(11-10-30-12-14-33-15-13-30)26(32)20-6-5-9-23(17-20)34-22-7-3-2-4-8-22/h2-9,16-18H,10-15H2,1H3. The van der Waals surface area contributed by atoms with Gasteiger partial charge in [0.15, 0.2) is 5.13 Å². The van der Waals surface area contributed by atoms with Gasteiger partial charge in [0.05, 0.1) is 23.4 Å². The number of aryl methyl sites for hydroxylation is 1. The molecular formula is C27H26ClN3O3S. The van der Waals surface area contributed by atoms with Gasteiger partial charge in [0, 0.05) is 36.8 Å². The van der Waals surface area contributed by atoms with E-state index in [4.69, 9.17) is 26.1 Å². The number of carbonyl (C=O) groups excluding carboxylic acids is 1. The minimum atomic E-state index is -0.112. The van der Waals surface area contributed by atoms with Gasteiger partial charge in [0.25, 0.3) is 5.91 Å². The normalized spacial score (nSPS) is 14.2. The summed E-state index contributed by atoms with van der Waals surface area (Å²) in [6, 6.07) is 20.6. The van der Waals surface area contributed by atoms with Crippen LogP contribution in [0.5, 0.6) is 11.5 Å². The molecule has 1 fully saturated rings. The number of para-hydroxylation sites is 1. The summed E-state index contributed by atoms with van der Waals surface area (Å²) in [5, 5.41) is 1.33. The number of fused-ring (bicyclic) bond motifs is 1. The highest BCUT2D eigenvalue weighted by Crippen LogP contribution is 2.34. The predicted octanol–water partition coefficient (Wildman–Crippen LogP) is 6.03. The fourth-order valence-electron chi connectivity index (χ4n) is 4.08. The molecule has 0 bridgehead atoms. The van der Waals surface area contributed by atoms with Crippen LogP contribution in [-0.2, 0) is 4.74 Å². The number of benzene rings is 3. The summed E-state index contributed by atoms with van der Waals surface area (Å²) in [5.74, 6) is 1.22. The molecule has 0 radical (unpaired) electrons. The lowest BCUT2D eigenvalue weighted by atomic mass is 10.2. The molecule has 35 heavy (non-hydrogen) atoms. The Labute approximate surface area is 213 Å². The number of amides is 1. The van der Waals surface area contributed by atoms with Crippen LogP contribution in [-0.4, -0.2) is 55.2 Å². The molecule has 0 atom stereocenters. The Kier molecular flexibility index (Phi) is 7.29. The van der Waals surface area contributed by atoms with E-state index in [9.17, 15) is 4.79 Å². The number of thiazole rings is 1. The Morgan fingerprint density at radius 3 is 2.66 bits per heavy atom. The van der Waals surface area contributed by atoms with Crippen molar-refractivity contribution in [2.75, 3.05) is 44.3 Å². The second-order valence-corrected chi connectivity index (χ2v) is 9.87. The number of halogens is 1. The van der Waals surface area contributed by atoms with Gasteiger partial charge in [-0.05, 0) is 55.0 Å². The maximum absolute atomic E-state index is 13.8. The monoisotopic (exact) mass is 507 g/mol. The highest BCUT2D eigenvalue weighted by Gasteiger charge is 2.24. The van der Waals surface area contributed by atoms with Crippen LogP contribution in [0.25, 0.3) is 10.2 Å². The van der Waals surface area contributed by atoms with Gasteiger partial charge in [-0.15, -0.1) is 0 Å². The Morgan fingerprint density at radius 1 is 1.09 bits per heavy atom. The maximum atomic E-state index is 13.8. The van der Waals surface area contributed by atoms with Gasteiger partial charge >= 0.3 is 0 Å². The summed E-state index contributed by atoms with van der Waals surface area (Å²) in [7, 11) is 0. The van der Waals surface area contributed by atoms with Gasteiger partial charge in [-0.2, -0.15) is 0 Å². The van der Waals surface area contributed by atoms with Crippen LogP contribution >= 0.6 is 22.9 Å². The number of hydrogen-bond donors (Lipinski definition) is 0. The number of morpholine rings is 1. The molecule has 1 aromatic heterocycles. The van der Waals surface area contributed by atoms with Gasteiger partial charge in [0.1, 0.15) is 11.5 Å². The average molecular weight is 508 g/mol. The summed E-state index contributed by atoms with van der Waals surface area (Å²) in [6.07, 6.45) is 0. The number of nitrogens with zero attached hydrogens (tertiary/aromatic N) is 3. The number of carbonyl (C=O) groups is 1. The Hall–Kier alpha value is -2.97. The molecule has 4 aromatic rings. The molecule has 180 valence electrons. The first-order chi connectivity index (χ1) is 17.1. The van der Waals surface area contributed by atoms with Crippen LogP contribution in [0.3, 0.4) is 0 Å². The summed E-state index contributed by atoms with van der Waals surface area (Å²) < 4.78 is 12.4. The van der Waals surface area contributed by atoms with Crippen LogP contribution in [0.4, 0.5) is 5.13 Å². The van der Waals surface area contributed by atoms with Crippen molar-refractivity contribution in [1.82, 2.24) is 9.88 Å². The molecule has 3 aromatic carbocycles. The van der Waals surface area contributed by atoms with E-state index < -0.39 is 0 Å². The van der Waals surface area contributed by atoms with Crippen LogP contribution < -0.4 is 9.64 Å². The van der Waals surface area contributed by atoms with E-state index >= 15 is 0 Å². The fourth-order valence-corrected chi connectivity index (χ4v) is 5.53. The summed E-state index contributed by atoms with van der Waals surface area (Å²) >= 11 is 7.77. The van der Waals surface area contributed by atoms with Crippen LogP contribution in [0.2, 0.25) is 5.02 Å². The maximum Gasteiger partial charge on any atom is 0.260 e. The number of hydrogen-bond acceptors (Lipinski definition) is 6. The zero-order valence-electron chi connectivity index (χ0n) is 19.4. The molecule has 8 heteroatoms. The van der Waals surface area contributed by atoms with Crippen molar-refractivity contribution >= 4 is 44.2 Å². The van der Waals surface area contributed by atoms with Crippen molar-refractivity contribution in [3.8, 4) is 11.5 Å². The molecular weight excluding hydrogens is 482 g/mol. The summed E-state index contributed by atoms with van der Waals surface area (Å²) in [4.78, 5) is 22.8. The SMILES string of the molecule is Cc1cc(Cl)cc2sc(N(CCN3CCOCC3)C(=O)c3cccc(Oc4ccccc4)c3)nc12. The van der Waals surface area contributed by atoms with Crippen molar-refractivity contribution in [3.05, 3.63) is 82.9 Å². The van der Waals surface area contributed by atoms with Crippen LogP contribution in [0.15, 0.2) is 66.7 Å². The molecule has 2 heterocycles. The van der Waals surface area contributed by atoms with Gasteiger partial charge in [-0.1, -0.05) is 47.2 Å². The van der Waals surface area contributed by atoms with Crippen LogP contribution in [0, 0.1) is 6.92 Å². The summed E-state index contributed by atoms with van der Waals surface area (Å²) in [5.41, 5.74) is 2.42. The largest absolute Gasteiger partial charge is 0.457 e. The van der Waals surface area contributed by atoms with Gasteiger partial charge in [0.2, 0.25) is 0 Å². The second-order valence-electron chi connectivity index (χ2n) is 8.42. The van der Waals surface area contributed by atoms with E-state index in [1.165, 1.54) is 11.3 Å². The third-order valence-corrected chi connectivity index (χ3v) is 7.16. The number of anilines is 1. The second kappa shape index (κ2) is 10.7. The minimum Gasteiger partial charge on any atom is -0.457 e. The smallest absolute Gasteiger partial charge is 0.260 e. The third kappa shape index (κ3) is 5.65. The van der Waals surface area contributed by atoms with Crippen molar-refractivity contribution in [1.29, 1.82) is 0 Å². The third-order valence-electron chi connectivity index (χ3n) is 5.92. The van der Waals surface area contributed by atoms with E-state index in [0.29, 0.717) is 41.2 Å². The first kappa shape index (κ1) is 23.8. The highest BCUT2D eigenvalue weighted by atomic mass is 35.5. The van der Waals surface area contributed by atoms with Gasteiger partial charge in [-0.25, -0.2) is 4.98 Å². The lowest BCUT2D eigenvalue weighted by molar-refractivity contribution is 0.0391. The van der Waals surface area contributed by atoms with E-state index in [1.54, 1.807) is 11.0 Å². The zero-order valence-corrected chi connectivity index (χ0v) is 21.0. The molecule has 6 nitrogen and oxygen atoms in total. The van der Waals surface area contributed by atoms with E-state index in [1.807, 2.05) is 67.6 Å². The Morgan fingerprint density at radius 2 is 1.86 bits per heavy atom. The van der Waals surface area contributed by atoms with Crippen molar-refractivity contribution < 1.29 is 14.3 Å². The molecule has 1 aliphatic rings. The van der Waals surface area contributed by atoms with Crippen molar-refractivity contribution in [2.24, 2.45) is 0 Å². The quantitative estimate of drug-likeness (QED) is 0.306. The molecule has 0 spiro atoms. The van der Waals surface area contributed by atoms with Gasteiger partial charge in [-0.3, -0.25) is 14.6 Å². The minimum absolute atomic E-state index is 0.112. The molecule has 1 aliphatic heterocycles. The molecule has 0 unspecified atom stereocenters. The first-order valence-electron chi connectivity index (χ1n) is 11.6. The predicted molar refractivity (Wildman–Crippen MR) is 141 cm³/mol. The first-order valence-corrected chi connectivity index (χ1v) is 12.8. The van der Waals surface area contributed by atoms with Gasteiger partial charge < -0.3 is 9.47 Å². The molecule has 0 aliphatic carbocycles. The van der Waals surface area contributed by atoms with Crippen LogP contribution in [0.1, 0.15) is 15.9 Å². The number of rotatable bonds is 7. The summed E-state index contributed by atoms with van der Waals surface area (Å²) in [6.45, 7) is 6.40. The van der Waals surface area contributed by atoms with E-state index in [0.717, 1.165) is 41.2 Å². The average Bonchev–Trinajstić information content (AvgIpc) is 3.29. The number of ether oxygens (including phenoxy) is 2. The van der Waals surface area contributed by atoms with E-state index in [2.05, 4.69) is 4.90 Å². The van der Waals surface area contributed by atoms with Crippen molar-refractivity contribution in [2.45, 2.75) is 6.92 Å². The van der Waals surface area contributed by atoms with Crippen molar-refractivity contribution in [3.63, 3.8) is 0 Å². The molecule has 5 rings (SSSR count). The molecule has 0 saturated carbocycles. The Bertz CT molecular complexity index is 1320.